The summed E-state index contributed by atoms with van der Waals surface area (Å²) in [5.74, 6) is 0.419. The third kappa shape index (κ3) is 6.82. The SMILES string of the molecule is Cc1cnc(NCCN2CCOCC2)c(=O)n1CCNCCc1cccc(Cl)c1. The Balaban J connectivity index is 1.44. The van der Waals surface area contributed by atoms with Gasteiger partial charge in [-0.15, -0.1) is 0 Å². The summed E-state index contributed by atoms with van der Waals surface area (Å²) in [6, 6.07) is 7.89. The molecular formula is C21H30ClN5O2. The van der Waals surface area contributed by atoms with Crippen molar-refractivity contribution in [3.63, 3.8) is 0 Å². The average molecular weight is 420 g/mol. The first kappa shape index (κ1) is 21.8. The van der Waals surface area contributed by atoms with Gasteiger partial charge in [-0.2, -0.15) is 0 Å². The van der Waals surface area contributed by atoms with Crippen molar-refractivity contribution in [1.82, 2.24) is 19.8 Å². The van der Waals surface area contributed by atoms with Gasteiger partial charge in [0, 0.05) is 56.2 Å². The van der Waals surface area contributed by atoms with E-state index in [0.29, 0.717) is 18.9 Å². The summed E-state index contributed by atoms with van der Waals surface area (Å²) >= 11 is 6.02. The lowest BCUT2D eigenvalue weighted by Crippen LogP contribution is -2.39. The Kier molecular flexibility index (Phi) is 8.49. The molecule has 0 bridgehead atoms. The monoisotopic (exact) mass is 419 g/mol. The first-order valence-corrected chi connectivity index (χ1v) is 10.6. The van der Waals surface area contributed by atoms with Crippen molar-refractivity contribution >= 4 is 17.4 Å². The summed E-state index contributed by atoms with van der Waals surface area (Å²) in [4.78, 5) is 19.4. The van der Waals surface area contributed by atoms with E-state index in [1.807, 2.05) is 25.1 Å². The molecule has 1 aromatic carbocycles. The smallest absolute Gasteiger partial charge is 0.293 e. The third-order valence-electron chi connectivity index (χ3n) is 5.07. The molecule has 0 amide bonds. The summed E-state index contributed by atoms with van der Waals surface area (Å²) in [7, 11) is 0. The first-order valence-electron chi connectivity index (χ1n) is 10.2. The lowest BCUT2D eigenvalue weighted by molar-refractivity contribution is 0.0398. The fraction of sp³-hybridized carbons (Fsp3) is 0.524. The molecule has 0 saturated carbocycles. The summed E-state index contributed by atoms with van der Waals surface area (Å²) in [6.07, 6.45) is 2.66. The molecule has 1 fully saturated rings. The Labute approximate surface area is 177 Å². The van der Waals surface area contributed by atoms with E-state index in [1.54, 1.807) is 10.8 Å². The molecule has 3 rings (SSSR count). The Morgan fingerprint density at radius 2 is 2.00 bits per heavy atom. The van der Waals surface area contributed by atoms with Crippen LogP contribution in [-0.2, 0) is 17.7 Å². The van der Waals surface area contributed by atoms with Crippen molar-refractivity contribution in [2.24, 2.45) is 0 Å². The fourth-order valence-electron chi connectivity index (χ4n) is 3.37. The third-order valence-corrected chi connectivity index (χ3v) is 5.30. The molecule has 2 N–H and O–H groups in total. The zero-order valence-corrected chi connectivity index (χ0v) is 17.7. The highest BCUT2D eigenvalue weighted by Crippen LogP contribution is 2.10. The van der Waals surface area contributed by atoms with Crippen molar-refractivity contribution in [3.05, 3.63) is 57.1 Å². The van der Waals surface area contributed by atoms with Gasteiger partial charge in [-0.05, 0) is 37.6 Å². The summed E-state index contributed by atoms with van der Waals surface area (Å²) in [5.41, 5.74) is 2.00. The van der Waals surface area contributed by atoms with Gasteiger partial charge < -0.3 is 19.9 Å². The average Bonchev–Trinajstić information content (AvgIpc) is 2.72. The van der Waals surface area contributed by atoms with Gasteiger partial charge in [0.1, 0.15) is 0 Å². The van der Waals surface area contributed by atoms with Crippen LogP contribution in [0.1, 0.15) is 11.3 Å². The minimum Gasteiger partial charge on any atom is -0.379 e. The van der Waals surface area contributed by atoms with Gasteiger partial charge in [0.15, 0.2) is 5.82 Å². The van der Waals surface area contributed by atoms with Crippen LogP contribution in [0.2, 0.25) is 5.02 Å². The second-order valence-electron chi connectivity index (χ2n) is 7.22. The second-order valence-corrected chi connectivity index (χ2v) is 7.65. The van der Waals surface area contributed by atoms with Gasteiger partial charge in [-0.3, -0.25) is 9.69 Å². The van der Waals surface area contributed by atoms with Crippen LogP contribution < -0.4 is 16.2 Å². The zero-order valence-electron chi connectivity index (χ0n) is 17.0. The number of nitrogens with one attached hydrogen (secondary N) is 2. The maximum Gasteiger partial charge on any atom is 0.293 e. The fourth-order valence-corrected chi connectivity index (χ4v) is 3.58. The molecule has 7 nitrogen and oxygen atoms in total. The number of nitrogens with zero attached hydrogens (tertiary/aromatic N) is 3. The van der Waals surface area contributed by atoms with Crippen molar-refractivity contribution in [2.75, 3.05) is 57.8 Å². The maximum atomic E-state index is 12.8. The van der Waals surface area contributed by atoms with Crippen molar-refractivity contribution in [2.45, 2.75) is 19.9 Å². The standard InChI is InChI=1S/C21H30ClN5O2/c1-17-16-25-20(24-8-9-26-11-13-29-14-12-26)21(28)27(17)10-7-23-6-5-18-3-2-4-19(22)15-18/h2-4,15-16,23H,5-14H2,1H3,(H,24,25). The van der Waals surface area contributed by atoms with E-state index < -0.39 is 0 Å². The van der Waals surface area contributed by atoms with Gasteiger partial charge in [0.2, 0.25) is 0 Å². The number of hydrogen-bond acceptors (Lipinski definition) is 6. The molecule has 0 radical (unpaired) electrons. The maximum absolute atomic E-state index is 12.8. The Morgan fingerprint density at radius 3 is 2.79 bits per heavy atom. The number of ether oxygens (including phenoxy) is 1. The molecule has 29 heavy (non-hydrogen) atoms. The highest BCUT2D eigenvalue weighted by atomic mass is 35.5. The molecule has 2 aromatic rings. The van der Waals surface area contributed by atoms with Gasteiger partial charge in [-0.1, -0.05) is 23.7 Å². The van der Waals surface area contributed by atoms with Gasteiger partial charge in [-0.25, -0.2) is 4.98 Å². The van der Waals surface area contributed by atoms with Crippen LogP contribution in [-0.4, -0.2) is 66.9 Å². The van der Waals surface area contributed by atoms with E-state index >= 15 is 0 Å². The largest absolute Gasteiger partial charge is 0.379 e. The Morgan fingerprint density at radius 1 is 1.17 bits per heavy atom. The second kappa shape index (κ2) is 11.3. The van der Waals surface area contributed by atoms with Crippen LogP contribution in [0.4, 0.5) is 5.82 Å². The lowest BCUT2D eigenvalue weighted by Gasteiger charge is -2.26. The van der Waals surface area contributed by atoms with E-state index in [2.05, 4.69) is 26.6 Å². The number of anilines is 1. The van der Waals surface area contributed by atoms with Crippen molar-refractivity contribution in [1.29, 1.82) is 0 Å². The first-order chi connectivity index (χ1) is 14.1. The minimum atomic E-state index is -0.0661. The molecule has 8 heteroatoms. The number of aromatic nitrogens is 2. The van der Waals surface area contributed by atoms with Crippen molar-refractivity contribution < 1.29 is 4.74 Å². The molecule has 1 saturated heterocycles. The van der Waals surface area contributed by atoms with E-state index in [9.17, 15) is 4.79 Å². The molecule has 1 aliphatic heterocycles. The molecule has 158 valence electrons. The van der Waals surface area contributed by atoms with Gasteiger partial charge in [0.05, 0.1) is 13.2 Å². The molecule has 2 heterocycles. The van der Waals surface area contributed by atoms with Gasteiger partial charge in [0.25, 0.3) is 5.56 Å². The van der Waals surface area contributed by atoms with E-state index in [1.165, 1.54) is 5.56 Å². The number of aryl methyl sites for hydroxylation is 1. The van der Waals surface area contributed by atoms with Crippen LogP contribution >= 0.6 is 11.6 Å². The molecule has 0 spiro atoms. The number of morpholine rings is 1. The van der Waals surface area contributed by atoms with Crippen LogP contribution in [0.15, 0.2) is 35.3 Å². The Hall–Kier alpha value is -1.93. The predicted octanol–water partition coefficient (Wildman–Crippen LogP) is 1.78. The van der Waals surface area contributed by atoms with Crippen LogP contribution in [0, 0.1) is 6.92 Å². The highest BCUT2D eigenvalue weighted by molar-refractivity contribution is 6.30. The molecule has 0 aliphatic carbocycles. The number of hydrogen-bond donors (Lipinski definition) is 2. The van der Waals surface area contributed by atoms with E-state index in [0.717, 1.165) is 63.1 Å². The minimum absolute atomic E-state index is 0.0661. The van der Waals surface area contributed by atoms with Crippen LogP contribution in [0.25, 0.3) is 0 Å². The Bertz CT molecular complexity index is 836. The normalized spacial score (nSPS) is 14.8. The highest BCUT2D eigenvalue weighted by Gasteiger charge is 2.11. The quantitative estimate of drug-likeness (QED) is 0.572. The number of rotatable bonds is 10. The molecule has 1 aromatic heterocycles. The predicted molar refractivity (Wildman–Crippen MR) is 117 cm³/mol. The molecule has 1 aliphatic rings. The summed E-state index contributed by atoms with van der Waals surface area (Å²) < 4.78 is 7.13. The molecular weight excluding hydrogens is 390 g/mol. The molecule has 0 unspecified atom stereocenters. The van der Waals surface area contributed by atoms with Crippen LogP contribution in [0.3, 0.4) is 0 Å². The topological polar surface area (TPSA) is 71.4 Å². The lowest BCUT2D eigenvalue weighted by atomic mass is 10.1. The zero-order chi connectivity index (χ0) is 20.5. The number of halogens is 1. The summed E-state index contributed by atoms with van der Waals surface area (Å²) in [6.45, 7) is 9.09. The van der Waals surface area contributed by atoms with Crippen molar-refractivity contribution in [3.8, 4) is 0 Å². The van der Waals surface area contributed by atoms with E-state index in [-0.39, 0.29) is 5.56 Å². The molecule has 0 atom stereocenters. The van der Waals surface area contributed by atoms with E-state index in [4.69, 9.17) is 16.3 Å². The summed E-state index contributed by atoms with van der Waals surface area (Å²) in [5, 5.41) is 7.36. The number of benzene rings is 1. The van der Waals surface area contributed by atoms with Gasteiger partial charge >= 0.3 is 0 Å². The van der Waals surface area contributed by atoms with Crippen LogP contribution in [0.5, 0.6) is 0 Å².